The molecule has 0 fully saturated rings. The molecule has 0 saturated carbocycles. The average Bonchev–Trinajstić information content (AvgIpc) is 2.43. The molecule has 1 atom stereocenters. The van der Waals surface area contributed by atoms with Crippen LogP contribution in [0.4, 0.5) is 10.5 Å². The number of esters is 1. The molecule has 7 heteroatoms. The Bertz CT molecular complexity index is 475. The molecule has 2 amide bonds. The highest BCUT2D eigenvalue weighted by molar-refractivity contribution is 5.92. The van der Waals surface area contributed by atoms with Crippen LogP contribution in [0.5, 0.6) is 0 Å². The van der Waals surface area contributed by atoms with Gasteiger partial charge in [0.15, 0.2) is 0 Å². The Balaban J connectivity index is 2.50. The van der Waals surface area contributed by atoms with Crippen LogP contribution in [-0.4, -0.2) is 36.2 Å². The van der Waals surface area contributed by atoms with Crippen LogP contribution in [-0.2, 0) is 14.3 Å². The lowest BCUT2D eigenvalue weighted by atomic mass is 10.1. The van der Waals surface area contributed by atoms with Gasteiger partial charge >= 0.3 is 18.0 Å². The number of benzene rings is 1. The van der Waals surface area contributed by atoms with Crippen molar-refractivity contribution in [3.05, 3.63) is 30.3 Å². The number of nitrogens with one attached hydrogen (secondary N) is 2. The lowest BCUT2D eigenvalue weighted by Gasteiger charge is -2.14. The molecule has 0 radical (unpaired) electrons. The van der Waals surface area contributed by atoms with Crippen LogP contribution in [0.25, 0.3) is 0 Å². The number of amides is 2. The van der Waals surface area contributed by atoms with E-state index in [1.807, 2.05) is 0 Å². The summed E-state index contributed by atoms with van der Waals surface area (Å²) in [6.45, 7) is 0. The minimum Gasteiger partial charge on any atom is -0.480 e. The van der Waals surface area contributed by atoms with Gasteiger partial charge in [-0.2, -0.15) is 0 Å². The average molecular weight is 280 g/mol. The van der Waals surface area contributed by atoms with E-state index >= 15 is 0 Å². The maximum atomic E-state index is 11.6. The van der Waals surface area contributed by atoms with Gasteiger partial charge in [0.1, 0.15) is 6.04 Å². The normalized spacial score (nSPS) is 11.2. The molecular weight excluding hydrogens is 264 g/mol. The molecule has 0 unspecified atom stereocenters. The second-order valence-corrected chi connectivity index (χ2v) is 3.97. The second kappa shape index (κ2) is 7.78. The molecule has 0 aliphatic rings. The zero-order chi connectivity index (χ0) is 15.0. The number of ether oxygens (including phenoxy) is 1. The number of carboxylic acid groups (broad SMARTS) is 1. The number of anilines is 1. The van der Waals surface area contributed by atoms with Gasteiger partial charge in [0.2, 0.25) is 0 Å². The van der Waals surface area contributed by atoms with Crippen molar-refractivity contribution in [3.8, 4) is 0 Å². The Kier molecular flexibility index (Phi) is 6.02. The second-order valence-electron chi connectivity index (χ2n) is 3.97. The first-order chi connectivity index (χ1) is 9.52. The summed E-state index contributed by atoms with van der Waals surface area (Å²) in [5.41, 5.74) is 0.544. The number of carbonyl (C=O) groups excluding carboxylic acids is 2. The van der Waals surface area contributed by atoms with Crippen molar-refractivity contribution in [3.63, 3.8) is 0 Å². The maximum Gasteiger partial charge on any atom is 0.326 e. The van der Waals surface area contributed by atoms with Crippen LogP contribution < -0.4 is 10.6 Å². The predicted molar refractivity (Wildman–Crippen MR) is 71.3 cm³/mol. The molecule has 0 aliphatic carbocycles. The molecule has 0 aliphatic heterocycles. The minimum atomic E-state index is -1.21. The number of carboxylic acids is 1. The topological polar surface area (TPSA) is 105 Å². The Hall–Kier alpha value is -2.57. The van der Waals surface area contributed by atoms with E-state index in [1.54, 1.807) is 30.3 Å². The van der Waals surface area contributed by atoms with Gasteiger partial charge in [-0.05, 0) is 18.6 Å². The van der Waals surface area contributed by atoms with E-state index in [2.05, 4.69) is 15.4 Å². The van der Waals surface area contributed by atoms with E-state index in [4.69, 9.17) is 5.11 Å². The Labute approximate surface area is 115 Å². The fourth-order valence-corrected chi connectivity index (χ4v) is 1.47. The molecule has 1 rings (SSSR count). The van der Waals surface area contributed by atoms with Crippen molar-refractivity contribution < 1.29 is 24.2 Å². The number of rotatable bonds is 6. The van der Waals surface area contributed by atoms with E-state index in [0.29, 0.717) is 5.69 Å². The molecule has 20 heavy (non-hydrogen) atoms. The summed E-state index contributed by atoms with van der Waals surface area (Å²) in [5.74, 6) is -1.74. The SMILES string of the molecule is COC(=O)CC[C@H](NC(=O)Nc1ccccc1)C(=O)O. The third-order valence-electron chi connectivity index (χ3n) is 2.50. The number of methoxy groups -OCH3 is 1. The fourth-order valence-electron chi connectivity index (χ4n) is 1.47. The number of carbonyl (C=O) groups is 3. The van der Waals surface area contributed by atoms with Crippen LogP contribution >= 0.6 is 0 Å². The number of hydrogen-bond donors (Lipinski definition) is 3. The highest BCUT2D eigenvalue weighted by Crippen LogP contribution is 2.05. The first kappa shape index (κ1) is 15.5. The number of urea groups is 1. The largest absolute Gasteiger partial charge is 0.480 e. The monoisotopic (exact) mass is 280 g/mol. The lowest BCUT2D eigenvalue weighted by molar-refractivity contribution is -0.142. The smallest absolute Gasteiger partial charge is 0.326 e. The van der Waals surface area contributed by atoms with Gasteiger partial charge < -0.3 is 20.5 Å². The van der Waals surface area contributed by atoms with Gasteiger partial charge in [0, 0.05) is 12.1 Å². The molecule has 3 N–H and O–H groups in total. The van der Waals surface area contributed by atoms with Crippen molar-refractivity contribution in [1.82, 2.24) is 5.32 Å². The fraction of sp³-hybridized carbons (Fsp3) is 0.308. The summed E-state index contributed by atoms with van der Waals surface area (Å²) in [7, 11) is 1.22. The van der Waals surface area contributed by atoms with Crippen LogP contribution in [0.2, 0.25) is 0 Å². The van der Waals surface area contributed by atoms with E-state index in [-0.39, 0.29) is 12.8 Å². The van der Waals surface area contributed by atoms with E-state index < -0.39 is 24.0 Å². The zero-order valence-electron chi connectivity index (χ0n) is 11.0. The maximum absolute atomic E-state index is 11.6. The van der Waals surface area contributed by atoms with Gasteiger partial charge in [-0.1, -0.05) is 18.2 Å². The quantitative estimate of drug-likeness (QED) is 0.679. The Morgan fingerprint density at radius 3 is 2.45 bits per heavy atom. The van der Waals surface area contributed by atoms with Gasteiger partial charge in [0.05, 0.1) is 7.11 Å². The van der Waals surface area contributed by atoms with E-state index in [1.165, 1.54) is 7.11 Å². The molecular formula is C13H16N2O5. The van der Waals surface area contributed by atoms with Crippen molar-refractivity contribution in [2.75, 3.05) is 12.4 Å². The first-order valence-corrected chi connectivity index (χ1v) is 5.95. The summed E-state index contributed by atoms with van der Waals surface area (Å²) in [6, 6.07) is 6.81. The first-order valence-electron chi connectivity index (χ1n) is 5.95. The van der Waals surface area contributed by atoms with Crippen molar-refractivity contribution in [2.24, 2.45) is 0 Å². The van der Waals surface area contributed by atoms with Crippen LogP contribution in [0.3, 0.4) is 0 Å². The van der Waals surface area contributed by atoms with E-state index in [9.17, 15) is 14.4 Å². The molecule has 1 aromatic carbocycles. The summed E-state index contributed by atoms with van der Waals surface area (Å²) in [6.07, 6.45) is -0.122. The third-order valence-corrected chi connectivity index (χ3v) is 2.50. The molecule has 1 aromatic rings. The molecule has 0 bridgehead atoms. The highest BCUT2D eigenvalue weighted by atomic mass is 16.5. The summed E-state index contributed by atoms with van der Waals surface area (Å²) in [5, 5.41) is 13.8. The minimum absolute atomic E-state index is 0.0375. The summed E-state index contributed by atoms with van der Waals surface area (Å²) >= 11 is 0. The Morgan fingerprint density at radius 2 is 1.90 bits per heavy atom. The third kappa shape index (κ3) is 5.38. The highest BCUT2D eigenvalue weighted by Gasteiger charge is 2.21. The number of aliphatic carboxylic acids is 1. The molecule has 0 aromatic heterocycles. The molecule has 7 nitrogen and oxygen atoms in total. The summed E-state index contributed by atoms with van der Waals surface area (Å²) in [4.78, 5) is 33.6. The van der Waals surface area contributed by atoms with Crippen molar-refractivity contribution in [1.29, 1.82) is 0 Å². The predicted octanol–water partition coefficient (Wildman–Crippen LogP) is 1.21. The standard InChI is InChI=1S/C13H16N2O5/c1-20-11(16)8-7-10(12(17)18)15-13(19)14-9-5-3-2-4-6-9/h2-6,10H,7-8H2,1H3,(H,17,18)(H2,14,15,19)/t10-/m0/s1. The van der Waals surface area contributed by atoms with Gasteiger partial charge in [0.25, 0.3) is 0 Å². The zero-order valence-corrected chi connectivity index (χ0v) is 11.0. The van der Waals surface area contributed by atoms with Crippen LogP contribution in [0.1, 0.15) is 12.8 Å². The summed E-state index contributed by atoms with van der Waals surface area (Å²) < 4.78 is 4.42. The molecule has 0 spiro atoms. The van der Waals surface area contributed by atoms with Gasteiger partial charge in [-0.15, -0.1) is 0 Å². The molecule has 0 saturated heterocycles. The lowest BCUT2D eigenvalue weighted by Crippen LogP contribution is -2.43. The molecule has 0 heterocycles. The molecule has 108 valence electrons. The number of para-hydroxylation sites is 1. The number of hydrogen-bond acceptors (Lipinski definition) is 4. The van der Waals surface area contributed by atoms with E-state index in [0.717, 1.165) is 0 Å². The van der Waals surface area contributed by atoms with Crippen LogP contribution in [0.15, 0.2) is 30.3 Å². The Morgan fingerprint density at radius 1 is 1.25 bits per heavy atom. The van der Waals surface area contributed by atoms with Gasteiger partial charge in [-0.25, -0.2) is 9.59 Å². The van der Waals surface area contributed by atoms with Crippen LogP contribution in [0, 0.1) is 0 Å². The van der Waals surface area contributed by atoms with Gasteiger partial charge in [-0.3, -0.25) is 4.79 Å². The van der Waals surface area contributed by atoms with Crippen molar-refractivity contribution >= 4 is 23.7 Å². The van der Waals surface area contributed by atoms with Crippen molar-refractivity contribution in [2.45, 2.75) is 18.9 Å².